The first-order chi connectivity index (χ1) is 9.02. The van der Waals surface area contributed by atoms with Gasteiger partial charge in [-0.15, -0.1) is 0 Å². The number of sulfonamides is 1. The fraction of sp³-hybridized carbons (Fsp3) is 0.400. The maximum Gasteiger partial charge on any atom is 0.213 e. The monoisotopic (exact) mass is 284 g/mol. The zero-order valence-corrected chi connectivity index (χ0v) is 11.3. The number of nitrogen functional groups attached to an aromatic ring is 1. The SMILES string of the molecule is CCNS(=O)(=O)CCNc1nc(N)cn2ccnc12. The molecule has 0 aliphatic heterocycles. The van der Waals surface area contributed by atoms with Crippen LogP contribution in [0.5, 0.6) is 0 Å². The van der Waals surface area contributed by atoms with Gasteiger partial charge < -0.3 is 15.5 Å². The highest BCUT2D eigenvalue weighted by Gasteiger charge is 2.10. The number of nitrogens with one attached hydrogen (secondary N) is 2. The van der Waals surface area contributed by atoms with Crippen LogP contribution in [0.25, 0.3) is 5.65 Å². The molecule has 0 aliphatic carbocycles. The molecule has 0 spiro atoms. The summed E-state index contributed by atoms with van der Waals surface area (Å²) in [6, 6.07) is 0. The summed E-state index contributed by atoms with van der Waals surface area (Å²) < 4.78 is 27.1. The van der Waals surface area contributed by atoms with E-state index < -0.39 is 10.0 Å². The second kappa shape index (κ2) is 5.41. The summed E-state index contributed by atoms with van der Waals surface area (Å²) in [5.74, 6) is 0.767. The van der Waals surface area contributed by atoms with Crippen molar-refractivity contribution in [1.82, 2.24) is 19.1 Å². The molecule has 4 N–H and O–H groups in total. The van der Waals surface area contributed by atoms with Gasteiger partial charge in [-0.25, -0.2) is 23.1 Å². The van der Waals surface area contributed by atoms with Crippen molar-refractivity contribution in [1.29, 1.82) is 0 Å². The largest absolute Gasteiger partial charge is 0.382 e. The van der Waals surface area contributed by atoms with Gasteiger partial charge in [0.05, 0.1) is 11.9 Å². The molecule has 0 saturated carbocycles. The zero-order valence-electron chi connectivity index (χ0n) is 10.5. The Morgan fingerprint density at radius 2 is 2.26 bits per heavy atom. The Morgan fingerprint density at radius 1 is 1.47 bits per heavy atom. The van der Waals surface area contributed by atoms with Crippen LogP contribution in [-0.2, 0) is 10.0 Å². The lowest BCUT2D eigenvalue weighted by Gasteiger charge is -2.08. The Kier molecular flexibility index (Phi) is 3.86. The molecule has 0 bridgehead atoms. The van der Waals surface area contributed by atoms with Gasteiger partial charge in [0, 0.05) is 25.5 Å². The van der Waals surface area contributed by atoms with Gasteiger partial charge in [-0.1, -0.05) is 6.92 Å². The Labute approximate surface area is 111 Å². The minimum Gasteiger partial charge on any atom is -0.382 e. The Morgan fingerprint density at radius 3 is 3.00 bits per heavy atom. The van der Waals surface area contributed by atoms with Crippen molar-refractivity contribution in [3.8, 4) is 0 Å². The molecule has 0 aliphatic rings. The standard InChI is InChI=1S/C10H16N6O2S/c1-2-14-19(17,18)6-4-12-9-10-13-3-5-16(10)7-8(11)15-9/h3,5,7,14H,2,4,6,11H2,1H3,(H,12,15). The van der Waals surface area contributed by atoms with Gasteiger partial charge in [0.15, 0.2) is 11.5 Å². The topological polar surface area (TPSA) is 114 Å². The van der Waals surface area contributed by atoms with Crippen molar-refractivity contribution in [2.24, 2.45) is 0 Å². The lowest BCUT2D eigenvalue weighted by Crippen LogP contribution is -2.29. The molecule has 2 rings (SSSR count). The van der Waals surface area contributed by atoms with Crippen molar-refractivity contribution in [3.63, 3.8) is 0 Å². The molecule has 9 heteroatoms. The summed E-state index contributed by atoms with van der Waals surface area (Å²) in [6.45, 7) is 2.34. The summed E-state index contributed by atoms with van der Waals surface area (Å²) in [4.78, 5) is 8.24. The lowest BCUT2D eigenvalue weighted by molar-refractivity contribution is 0.584. The van der Waals surface area contributed by atoms with E-state index >= 15 is 0 Å². The number of nitrogens with two attached hydrogens (primary N) is 1. The number of hydrogen-bond donors (Lipinski definition) is 3. The molecule has 104 valence electrons. The summed E-state index contributed by atoms with van der Waals surface area (Å²) in [6.07, 6.45) is 5.01. The smallest absolute Gasteiger partial charge is 0.213 e. The first kappa shape index (κ1) is 13.6. The highest BCUT2D eigenvalue weighted by atomic mass is 32.2. The van der Waals surface area contributed by atoms with Gasteiger partial charge in [-0.3, -0.25) is 0 Å². The number of anilines is 2. The van der Waals surface area contributed by atoms with Crippen LogP contribution in [0.4, 0.5) is 11.6 Å². The number of nitrogens with zero attached hydrogens (tertiary/aromatic N) is 3. The molecule has 0 saturated heterocycles. The molecule has 0 radical (unpaired) electrons. The maximum atomic E-state index is 11.5. The van der Waals surface area contributed by atoms with Gasteiger partial charge in [0.25, 0.3) is 0 Å². The molecule has 0 atom stereocenters. The summed E-state index contributed by atoms with van der Waals surface area (Å²) >= 11 is 0. The van der Waals surface area contributed by atoms with Crippen LogP contribution < -0.4 is 15.8 Å². The zero-order chi connectivity index (χ0) is 13.9. The van der Waals surface area contributed by atoms with Crippen LogP contribution in [0.1, 0.15) is 6.92 Å². The number of hydrogen-bond acceptors (Lipinski definition) is 6. The van der Waals surface area contributed by atoms with Gasteiger partial charge in [0.1, 0.15) is 5.82 Å². The summed E-state index contributed by atoms with van der Waals surface area (Å²) in [5.41, 5.74) is 6.27. The predicted octanol–water partition coefficient (Wildman–Crippen LogP) is -0.337. The third-order valence-electron chi connectivity index (χ3n) is 2.42. The fourth-order valence-electron chi connectivity index (χ4n) is 1.67. The normalized spacial score (nSPS) is 11.8. The molecule has 2 aromatic rings. The van der Waals surface area contributed by atoms with E-state index in [0.29, 0.717) is 23.8 Å². The Hall–Kier alpha value is -1.87. The average Bonchev–Trinajstić information content (AvgIpc) is 2.76. The highest BCUT2D eigenvalue weighted by molar-refractivity contribution is 7.89. The summed E-state index contributed by atoms with van der Waals surface area (Å²) in [7, 11) is -3.25. The van der Waals surface area contributed by atoms with Crippen LogP contribution >= 0.6 is 0 Å². The number of fused-ring (bicyclic) bond motifs is 1. The maximum absolute atomic E-state index is 11.5. The molecular formula is C10H16N6O2S. The van der Waals surface area contributed by atoms with Crippen molar-refractivity contribution < 1.29 is 8.42 Å². The summed E-state index contributed by atoms with van der Waals surface area (Å²) in [5, 5.41) is 2.94. The van der Waals surface area contributed by atoms with Crippen LogP contribution in [0.2, 0.25) is 0 Å². The van der Waals surface area contributed by atoms with Crippen molar-refractivity contribution in [3.05, 3.63) is 18.6 Å². The van der Waals surface area contributed by atoms with E-state index in [1.54, 1.807) is 29.9 Å². The van der Waals surface area contributed by atoms with Crippen molar-refractivity contribution in [2.75, 3.05) is 29.9 Å². The molecule has 0 fully saturated rings. The quantitative estimate of drug-likeness (QED) is 0.668. The molecular weight excluding hydrogens is 268 g/mol. The number of rotatable bonds is 6. The van der Waals surface area contributed by atoms with Gasteiger partial charge in [0.2, 0.25) is 10.0 Å². The van der Waals surface area contributed by atoms with Crippen LogP contribution in [0.3, 0.4) is 0 Å². The average molecular weight is 284 g/mol. The number of imidazole rings is 1. The third-order valence-corrected chi connectivity index (χ3v) is 3.89. The Bertz CT molecular complexity index is 666. The minimum absolute atomic E-state index is 0.0375. The van der Waals surface area contributed by atoms with E-state index in [1.165, 1.54) is 0 Å². The van der Waals surface area contributed by atoms with E-state index in [1.807, 2.05) is 0 Å². The molecule has 0 amide bonds. The van der Waals surface area contributed by atoms with Gasteiger partial charge in [-0.2, -0.15) is 0 Å². The van der Waals surface area contributed by atoms with Crippen LogP contribution in [0.15, 0.2) is 18.6 Å². The first-order valence-corrected chi connectivity index (χ1v) is 7.47. The Balaban J connectivity index is 2.08. The second-order valence-corrected chi connectivity index (χ2v) is 5.84. The molecule has 8 nitrogen and oxygen atoms in total. The van der Waals surface area contributed by atoms with Crippen molar-refractivity contribution in [2.45, 2.75) is 6.92 Å². The molecule has 2 aromatic heterocycles. The fourth-order valence-corrected chi connectivity index (χ4v) is 2.62. The van der Waals surface area contributed by atoms with Crippen LogP contribution in [0, 0.1) is 0 Å². The van der Waals surface area contributed by atoms with E-state index in [0.717, 1.165) is 0 Å². The third kappa shape index (κ3) is 3.32. The van der Waals surface area contributed by atoms with E-state index in [-0.39, 0.29) is 12.3 Å². The second-order valence-electron chi connectivity index (χ2n) is 3.92. The number of aromatic nitrogens is 3. The molecule has 0 unspecified atom stereocenters. The van der Waals surface area contributed by atoms with E-state index in [9.17, 15) is 8.42 Å². The van der Waals surface area contributed by atoms with E-state index in [4.69, 9.17) is 5.73 Å². The lowest BCUT2D eigenvalue weighted by atomic mass is 10.5. The first-order valence-electron chi connectivity index (χ1n) is 5.82. The molecule has 0 aromatic carbocycles. The molecule has 19 heavy (non-hydrogen) atoms. The van der Waals surface area contributed by atoms with Gasteiger partial charge >= 0.3 is 0 Å². The highest BCUT2D eigenvalue weighted by Crippen LogP contribution is 2.13. The minimum atomic E-state index is -3.25. The van der Waals surface area contributed by atoms with Gasteiger partial charge in [-0.05, 0) is 0 Å². The van der Waals surface area contributed by atoms with E-state index in [2.05, 4.69) is 20.0 Å². The molecule has 2 heterocycles. The van der Waals surface area contributed by atoms with Crippen LogP contribution in [-0.4, -0.2) is 41.6 Å². The predicted molar refractivity (Wildman–Crippen MR) is 73.4 cm³/mol. The van der Waals surface area contributed by atoms with Crippen molar-refractivity contribution >= 4 is 27.3 Å².